The lowest BCUT2D eigenvalue weighted by molar-refractivity contribution is 0.198. The van der Waals surface area contributed by atoms with Gasteiger partial charge < -0.3 is 15.0 Å². The molecule has 1 aliphatic heterocycles. The zero-order valence-corrected chi connectivity index (χ0v) is 15.8. The largest absolute Gasteiger partial charge is 0.391 e. The van der Waals surface area contributed by atoms with Crippen LogP contribution in [-0.4, -0.2) is 37.7 Å². The van der Waals surface area contributed by atoms with Gasteiger partial charge in [-0.05, 0) is 42.1 Å². The molecule has 0 saturated carbocycles. The van der Waals surface area contributed by atoms with Crippen molar-refractivity contribution in [3.05, 3.63) is 58.3 Å². The van der Waals surface area contributed by atoms with E-state index in [1.165, 1.54) is 24.4 Å². The topological polar surface area (TPSA) is 90.5 Å². The first kappa shape index (κ1) is 18.1. The minimum atomic E-state index is -3.76. The second-order valence-electron chi connectivity index (χ2n) is 6.58. The molecule has 9 heteroatoms. The molecule has 1 unspecified atom stereocenters. The maximum atomic E-state index is 14.4. The summed E-state index contributed by atoms with van der Waals surface area (Å²) >= 11 is 1.11. The van der Waals surface area contributed by atoms with Crippen LogP contribution in [-0.2, 0) is 15.6 Å². The summed E-state index contributed by atoms with van der Waals surface area (Å²) in [5.41, 5.74) is -0.428. The van der Waals surface area contributed by atoms with Crippen molar-refractivity contribution >= 4 is 36.9 Å². The summed E-state index contributed by atoms with van der Waals surface area (Å²) < 4.78 is 40.0. The standard InChI is InChI=1S/C18H17FN2O4S2/c19-15-8-11-3-5-20-18(23)14(11)7-12(15)10-27(24,25)17-2-1-16(26-17)21-6-4-13(22)9-21/h1-3,5,7-8,13,22H,4,6,9-10H2,(H,20,23). The molecule has 3 heterocycles. The molecule has 0 bridgehead atoms. The third-order valence-electron chi connectivity index (χ3n) is 4.63. The molecule has 1 aliphatic rings. The number of aromatic amines is 1. The number of rotatable bonds is 4. The van der Waals surface area contributed by atoms with Crippen LogP contribution in [0.4, 0.5) is 9.39 Å². The van der Waals surface area contributed by atoms with Gasteiger partial charge in [0.05, 0.1) is 16.9 Å². The van der Waals surface area contributed by atoms with E-state index in [0.29, 0.717) is 24.9 Å². The van der Waals surface area contributed by atoms with Gasteiger partial charge in [-0.15, -0.1) is 11.3 Å². The summed E-state index contributed by atoms with van der Waals surface area (Å²) in [6.07, 6.45) is 1.66. The van der Waals surface area contributed by atoms with Crippen molar-refractivity contribution < 1.29 is 17.9 Å². The van der Waals surface area contributed by atoms with Crippen LogP contribution in [0.1, 0.15) is 12.0 Å². The smallest absolute Gasteiger partial charge is 0.255 e. The maximum absolute atomic E-state index is 14.4. The number of hydrogen-bond acceptors (Lipinski definition) is 6. The van der Waals surface area contributed by atoms with Gasteiger partial charge in [0.1, 0.15) is 10.0 Å². The van der Waals surface area contributed by atoms with Gasteiger partial charge in [-0.1, -0.05) is 0 Å². The molecular weight excluding hydrogens is 391 g/mol. The molecule has 142 valence electrons. The highest BCUT2D eigenvalue weighted by Crippen LogP contribution is 2.33. The highest BCUT2D eigenvalue weighted by Gasteiger charge is 2.25. The fourth-order valence-corrected chi connectivity index (χ4v) is 5.99. The van der Waals surface area contributed by atoms with Crippen LogP contribution >= 0.6 is 11.3 Å². The molecule has 1 atom stereocenters. The first-order valence-corrected chi connectivity index (χ1v) is 10.9. The summed E-state index contributed by atoms with van der Waals surface area (Å²) in [5.74, 6) is -1.18. The van der Waals surface area contributed by atoms with Gasteiger partial charge in [0.15, 0.2) is 9.84 Å². The third kappa shape index (κ3) is 3.50. The Morgan fingerprint density at radius 3 is 2.85 bits per heavy atom. The number of aliphatic hydroxyl groups is 1. The number of hydrogen-bond donors (Lipinski definition) is 2. The van der Waals surface area contributed by atoms with E-state index in [9.17, 15) is 22.7 Å². The van der Waals surface area contributed by atoms with Gasteiger partial charge in [0.25, 0.3) is 5.56 Å². The van der Waals surface area contributed by atoms with Crippen molar-refractivity contribution in [2.45, 2.75) is 22.5 Å². The van der Waals surface area contributed by atoms with E-state index in [4.69, 9.17) is 0 Å². The molecule has 2 N–H and O–H groups in total. The first-order valence-electron chi connectivity index (χ1n) is 8.39. The summed E-state index contributed by atoms with van der Waals surface area (Å²) in [5, 5.41) is 11.1. The SMILES string of the molecule is O=c1[nH]ccc2cc(F)c(CS(=O)(=O)c3ccc(N4CCC(O)C4)s3)cc12. The number of anilines is 1. The van der Waals surface area contributed by atoms with E-state index in [1.807, 2.05) is 4.90 Å². The monoisotopic (exact) mass is 408 g/mol. The van der Waals surface area contributed by atoms with Crippen LogP contribution in [0.5, 0.6) is 0 Å². The number of β-amino-alcohol motifs (C(OH)–C–C–N with tert-alkyl or cyclic N) is 1. The lowest BCUT2D eigenvalue weighted by Gasteiger charge is -2.14. The van der Waals surface area contributed by atoms with E-state index in [1.54, 1.807) is 12.1 Å². The molecule has 4 rings (SSSR count). The highest BCUT2D eigenvalue weighted by atomic mass is 32.2. The normalized spacial score (nSPS) is 17.7. The Hall–Kier alpha value is -2.23. The number of pyridine rings is 1. The second-order valence-corrected chi connectivity index (χ2v) is 9.86. The number of aliphatic hydroxyl groups excluding tert-OH is 1. The van der Waals surface area contributed by atoms with Crippen molar-refractivity contribution in [2.24, 2.45) is 0 Å². The minimum absolute atomic E-state index is 0.0363. The Morgan fingerprint density at radius 1 is 1.30 bits per heavy atom. The Bertz CT molecular complexity index is 1170. The number of halogens is 1. The van der Waals surface area contributed by atoms with Crippen LogP contribution in [0.25, 0.3) is 10.8 Å². The van der Waals surface area contributed by atoms with Crippen LogP contribution in [0, 0.1) is 5.82 Å². The van der Waals surface area contributed by atoms with Crippen LogP contribution < -0.4 is 10.5 Å². The summed E-state index contributed by atoms with van der Waals surface area (Å²) in [7, 11) is -3.76. The fourth-order valence-electron chi connectivity index (χ4n) is 3.23. The summed E-state index contributed by atoms with van der Waals surface area (Å²) in [6, 6.07) is 7.25. The number of aromatic nitrogens is 1. The molecule has 0 aliphatic carbocycles. The van der Waals surface area contributed by atoms with E-state index in [0.717, 1.165) is 16.3 Å². The lowest BCUT2D eigenvalue weighted by Crippen LogP contribution is -2.19. The predicted molar refractivity (Wildman–Crippen MR) is 103 cm³/mol. The average molecular weight is 408 g/mol. The number of thiophene rings is 1. The van der Waals surface area contributed by atoms with Crippen molar-refractivity contribution in [3.63, 3.8) is 0 Å². The van der Waals surface area contributed by atoms with Crippen molar-refractivity contribution in [2.75, 3.05) is 18.0 Å². The number of H-pyrrole nitrogens is 1. The molecule has 27 heavy (non-hydrogen) atoms. The van der Waals surface area contributed by atoms with Crippen LogP contribution in [0.2, 0.25) is 0 Å². The molecular formula is C18H17FN2O4S2. The molecule has 1 aromatic carbocycles. The molecule has 0 amide bonds. The predicted octanol–water partition coefficient (Wildman–Crippen LogP) is 2.27. The Balaban J connectivity index is 1.65. The first-order chi connectivity index (χ1) is 12.8. The highest BCUT2D eigenvalue weighted by molar-refractivity contribution is 7.92. The number of sulfone groups is 1. The van der Waals surface area contributed by atoms with E-state index < -0.39 is 33.1 Å². The molecule has 1 fully saturated rings. The second kappa shape index (κ2) is 6.74. The molecule has 1 saturated heterocycles. The quantitative estimate of drug-likeness (QED) is 0.691. The van der Waals surface area contributed by atoms with E-state index in [2.05, 4.69) is 4.98 Å². The Kier molecular flexibility index (Phi) is 4.53. The zero-order valence-electron chi connectivity index (χ0n) is 14.2. The van der Waals surface area contributed by atoms with Gasteiger partial charge in [0, 0.05) is 30.2 Å². The summed E-state index contributed by atoms with van der Waals surface area (Å²) in [4.78, 5) is 16.3. The van der Waals surface area contributed by atoms with Gasteiger partial charge >= 0.3 is 0 Å². The number of benzene rings is 1. The lowest BCUT2D eigenvalue weighted by atomic mass is 10.1. The van der Waals surface area contributed by atoms with Crippen molar-refractivity contribution in [1.29, 1.82) is 0 Å². The van der Waals surface area contributed by atoms with Gasteiger partial charge in [-0.2, -0.15) is 0 Å². The molecule has 0 spiro atoms. The van der Waals surface area contributed by atoms with Gasteiger partial charge in [0.2, 0.25) is 0 Å². The molecule has 0 radical (unpaired) electrons. The number of nitrogens with zero attached hydrogens (tertiary/aromatic N) is 1. The van der Waals surface area contributed by atoms with Crippen molar-refractivity contribution in [1.82, 2.24) is 4.98 Å². The van der Waals surface area contributed by atoms with E-state index in [-0.39, 0.29) is 15.2 Å². The fraction of sp³-hybridized carbons (Fsp3) is 0.278. The van der Waals surface area contributed by atoms with Gasteiger partial charge in [-0.3, -0.25) is 4.79 Å². The molecule has 3 aromatic rings. The third-order valence-corrected chi connectivity index (χ3v) is 8.03. The maximum Gasteiger partial charge on any atom is 0.255 e. The Morgan fingerprint density at radius 2 is 2.11 bits per heavy atom. The molecule has 2 aromatic heterocycles. The zero-order chi connectivity index (χ0) is 19.2. The Labute approximate surface area is 158 Å². The summed E-state index contributed by atoms with van der Waals surface area (Å²) in [6.45, 7) is 1.14. The van der Waals surface area contributed by atoms with E-state index >= 15 is 0 Å². The number of fused-ring (bicyclic) bond motifs is 1. The minimum Gasteiger partial charge on any atom is -0.391 e. The molecule has 6 nitrogen and oxygen atoms in total. The van der Waals surface area contributed by atoms with Gasteiger partial charge in [-0.25, -0.2) is 12.8 Å². The number of nitrogens with one attached hydrogen (secondary N) is 1. The van der Waals surface area contributed by atoms with Crippen LogP contribution in [0.15, 0.2) is 45.5 Å². The van der Waals surface area contributed by atoms with Crippen molar-refractivity contribution in [3.8, 4) is 0 Å². The van der Waals surface area contributed by atoms with Crippen LogP contribution in [0.3, 0.4) is 0 Å². The average Bonchev–Trinajstić information content (AvgIpc) is 3.25.